The first-order valence-corrected chi connectivity index (χ1v) is 8.48. The molecule has 0 saturated heterocycles. The molecule has 0 aliphatic heterocycles. The topological polar surface area (TPSA) is 66.4 Å². The minimum atomic E-state index is -5.22. The maximum absolute atomic E-state index is 12.9. The van der Waals surface area contributed by atoms with Gasteiger partial charge in [0.05, 0.1) is 16.7 Å². The van der Waals surface area contributed by atoms with E-state index >= 15 is 0 Å². The minimum Gasteiger partial charge on any atom is -0.480 e. The maximum Gasteiger partial charge on any atom is 0.416 e. The van der Waals surface area contributed by atoms with Crippen molar-refractivity contribution in [2.45, 2.75) is 31.0 Å². The lowest BCUT2D eigenvalue weighted by Crippen LogP contribution is -2.42. The van der Waals surface area contributed by atoms with Gasteiger partial charge in [-0.15, -0.1) is 0 Å². The number of halogens is 9. The lowest BCUT2D eigenvalue weighted by atomic mass is 10.0. The molecule has 2 N–H and O–H groups in total. The molecule has 13 heteroatoms. The van der Waals surface area contributed by atoms with Gasteiger partial charge in [-0.2, -0.15) is 39.5 Å². The van der Waals surface area contributed by atoms with E-state index in [0.29, 0.717) is 12.1 Å². The van der Waals surface area contributed by atoms with Gasteiger partial charge in [-0.3, -0.25) is 4.79 Å². The number of aliphatic carboxylic acids is 1. The molecule has 0 aliphatic rings. The van der Waals surface area contributed by atoms with Crippen LogP contribution in [-0.4, -0.2) is 23.0 Å². The number of amides is 1. The van der Waals surface area contributed by atoms with E-state index in [9.17, 15) is 54.2 Å². The Morgan fingerprint density at radius 1 is 0.750 bits per heavy atom. The SMILES string of the molecule is O=C(N[C@H](Cc1ccc(C(F)(F)F)cc1)C(=O)O)c1cc(C(F)(F)F)cc(C(F)(F)F)c1. The van der Waals surface area contributed by atoms with Gasteiger partial charge < -0.3 is 10.4 Å². The highest BCUT2D eigenvalue weighted by Crippen LogP contribution is 2.36. The third kappa shape index (κ3) is 6.37. The van der Waals surface area contributed by atoms with E-state index in [1.165, 1.54) is 0 Å². The molecule has 0 unspecified atom stereocenters. The van der Waals surface area contributed by atoms with Gasteiger partial charge in [0, 0.05) is 12.0 Å². The molecule has 174 valence electrons. The zero-order chi connectivity index (χ0) is 24.5. The number of hydrogen-bond acceptors (Lipinski definition) is 2. The second-order valence-corrected chi connectivity index (χ2v) is 6.56. The Balaban J connectivity index is 2.31. The van der Waals surface area contributed by atoms with Gasteiger partial charge in [-0.05, 0) is 35.9 Å². The Hall–Kier alpha value is -3.25. The van der Waals surface area contributed by atoms with E-state index in [2.05, 4.69) is 0 Å². The van der Waals surface area contributed by atoms with E-state index in [4.69, 9.17) is 0 Å². The highest BCUT2D eigenvalue weighted by Gasteiger charge is 2.38. The van der Waals surface area contributed by atoms with Crippen LogP contribution in [0.1, 0.15) is 32.6 Å². The first kappa shape index (κ1) is 25.0. The largest absolute Gasteiger partial charge is 0.480 e. The molecular formula is C19H12F9NO3. The van der Waals surface area contributed by atoms with Crippen molar-refractivity contribution >= 4 is 11.9 Å². The van der Waals surface area contributed by atoms with Crippen LogP contribution in [0.2, 0.25) is 0 Å². The number of carboxylic acid groups (broad SMARTS) is 1. The molecule has 0 fully saturated rings. The molecular weight excluding hydrogens is 461 g/mol. The molecule has 0 spiro atoms. The predicted octanol–water partition coefficient (Wildman–Crippen LogP) is 5.17. The molecule has 0 aromatic heterocycles. The fraction of sp³-hybridized carbons (Fsp3) is 0.263. The Morgan fingerprint density at radius 2 is 1.19 bits per heavy atom. The van der Waals surface area contributed by atoms with Crippen molar-refractivity contribution in [2.24, 2.45) is 0 Å². The van der Waals surface area contributed by atoms with Crippen LogP contribution in [0, 0.1) is 0 Å². The van der Waals surface area contributed by atoms with Gasteiger partial charge in [0.2, 0.25) is 0 Å². The fourth-order valence-corrected chi connectivity index (χ4v) is 2.59. The summed E-state index contributed by atoms with van der Waals surface area (Å²) in [6.45, 7) is 0. The van der Waals surface area contributed by atoms with Crippen molar-refractivity contribution in [1.82, 2.24) is 5.32 Å². The number of carboxylic acids is 1. The van der Waals surface area contributed by atoms with E-state index in [-0.39, 0.29) is 23.8 Å². The van der Waals surface area contributed by atoms with Gasteiger partial charge in [0.25, 0.3) is 5.91 Å². The van der Waals surface area contributed by atoms with Gasteiger partial charge in [-0.1, -0.05) is 12.1 Å². The summed E-state index contributed by atoms with van der Waals surface area (Å²) in [4.78, 5) is 23.6. The van der Waals surface area contributed by atoms with Crippen LogP contribution in [0.3, 0.4) is 0 Å². The van der Waals surface area contributed by atoms with Crippen molar-refractivity contribution in [2.75, 3.05) is 0 Å². The molecule has 0 bridgehead atoms. The summed E-state index contributed by atoms with van der Waals surface area (Å²) < 4.78 is 115. The maximum atomic E-state index is 12.9. The van der Waals surface area contributed by atoms with Crippen LogP contribution >= 0.6 is 0 Å². The van der Waals surface area contributed by atoms with Gasteiger partial charge in [-0.25, -0.2) is 4.79 Å². The number of rotatable bonds is 5. The molecule has 1 atom stereocenters. The van der Waals surface area contributed by atoms with Crippen molar-refractivity contribution in [3.63, 3.8) is 0 Å². The molecule has 4 nitrogen and oxygen atoms in total. The Bertz CT molecular complexity index is 961. The van der Waals surface area contributed by atoms with Crippen molar-refractivity contribution in [3.8, 4) is 0 Å². The second kappa shape index (κ2) is 8.71. The average molecular weight is 473 g/mol. The third-order valence-corrected chi connectivity index (χ3v) is 4.17. The third-order valence-electron chi connectivity index (χ3n) is 4.17. The van der Waals surface area contributed by atoms with Crippen molar-refractivity contribution < 1.29 is 54.2 Å². The molecule has 0 saturated carbocycles. The van der Waals surface area contributed by atoms with Gasteiger partial charge in [0.15, 0.2) is 0 Å². The van der Waals surface area contributed by atoms with Crippen molar-refractivity contribution in [1.29, 1.82) is 0 Å². The summed E-state index contributed by atoms with van der Waals surface area (Å²) in [6.07, 6.45) is -15.7. The smallest absolute Gasteiger partial charge is 0.416 e. The van der Waals surface area contributed by atoms with E-state index < -0.39 is 65.1 Å². The van der Waals surface area contributed by atoms with E-state index in [1.54, 1.807) is 5.32 Å². The monoisotopic (exact) mass is 473 g/mol. The van der Waals surface area contributed by atoms with Crippen LogP contribution < -0.4 is 5.32 Å². The summed E-state index contributed by atoms with van der Waals surface area (Å²) >= 11 is 0. The van der Waals surface area contributed by atoms with Crippen molar-refractivity contribution in [3.05, 3.63) is 70.3 Å². The summed E-state index contributed by atoms with van der Waals surface area (Å²) in [6, 6.07) is 1.37. The molecule has 0 aliphatic carbocycles. The first-order chi connectivity index (χ1) is 14.5. The molecule has 32 heavy (non-hydrogen) atoms. The van der Waals surface area contributed by atoms with Crippen LogP contribution in [0.15, 0.2) is 42.5 Å². The lowest BCUT2D eigenvalue weighted by Gasteiger charge is -2.17. The number of nitrogens with one attached hydrogen (secondary N) is 1. The normalized spacial score (nSPS) is 13.5. The summed E-state index contributed by atoms with van der Waals surface area (Å²) in [7, 11) is 0. The highest BCUT2D eigenvalue weighted by atomic mass is 19.4. The molecule has 1 amide bonds. The first-order valence-electron chi connectivity index (χ1n) is 8.48. The second-order valence-electron chi connectivity index (χ2n) is 6.56. The standard InChI is InChI=1S/C19H12F9NO3/c20-17(21,22)11-3-1-9(2-4-11)5-14(16(31)32)29-15(30)10-6-12(18(23,24)25)8-13(7-10)19(26,27)28/h1-4,6-8,14H,5H2,(H,29,30)(H,31,32)/t14-/m1/s1. The predicted molar refractivity (Wildman–Crippen MR) is 90.5 cm³/mol. The van der Waals surface area contributed by atoms with Gasteiger partial charge >= 0.3 is 24.5 Å². The quantitative estimate of drug-likeness (QED) is 0.590. The van der Waals surface area contributed by atoms with Gasteiger partial charge in [0.1, 0.15) is 6.04 Å². The molecule has 0 heterocycles. The summed E-state index contributed by atoms with van der Waals surface area (Å²) in [5, 5.41) is 11.0. The lowest BCUT2D eigenvalue weighted by molar-refractivity contribution is -0.143. The molecule has 0 radical (unpaired) electrons. The molecule has 2 rings (SSSR count). The Labute approximate surface area is 173 Å². The molecule has 2 aromatic carbocycles. The number of carbonyl (C=O) groups is 2. The summed E-state index contributed by atoms with van der Waals surface area (Å²) in [5.41, 5.74) is -5.64. The number of benzene rings is 2. The van der Waals surface area contributed by atoms with Crippen LogP contribution in [0.5, 0.6) is 0 Å². The fourth-order valence-electron chi connectivity index (χ4n) is 2.59. The zero-order valence-corrected chi connectivity index (χ0v) is 15.5. The van der Waals surface area contributed by atoms with Crippen LogP contribution in [-0.2, 0) is 29.7 Å². The van der Waals surface area contributed by atoms with Crippen LogP contribution in [0.25, 0.3) is 0 Å². The van der Waals surface area contributed by atoms with Crippen LogP contribution in [0.4, 0.5) is 39.5 Å². The number of carbonyl (C=O) groups excluding carboxylic acids is 1. The van der Waals surface area contributed by atoms with E-state index in [1.807, 2.05) is 0 Å². The number of hydrogen-bond donors (Lipinski definition) is 2. The highest BCUT2D eigenvalue weighted by molar-refractivity contribution is 5.97. The minimum absolute atomic E-state index is 0.0192. The summed E-state index contributed by atoms with van der Waals surface area (Å²) in [5.74, 6) is -3.25. The Kier molecular flexibility index (Phi) is 6.81. The average Bonchev–Trinajstić information content (AvgIpc) is 2.65. The Morgan fingerprint density at radius 3 is 1.56 bits per heavy atom. The zero-order valence-electron chi connectivity index (χ0n) is 15.5. The molecule has 2 aromatic rings. The van der Waals surface area contributed by atoms with E-state index in [0.717, 1.165) is 12.1 Å². The number of alkyl halides is 9.